The molecule has 7 heteroatoms. The van der Waals surface area contributed by atoms with Crippen molar-refractivity contribution in [2.24, 2.45) is 0 Å². The summed E-state index contributed by atoms with van der Waals surface area (Å²) in [6.07, 6.45) is 0. The minimum Gasteiger partial charge on any atom is -1.00 e. The summed E-state index contributed by atoms with van der Waals surface area (Å²) in [5, 5.41) is 5.85. The van der Waals surface area contributed by atoms with Crippen LogP contribution in [0.5, 0.6) is 0 Å². The van der Waals surface area contributed by atoms with Crippen LogP contribution in [0.2, 0.25) is 84.1 Å². The Labute approximate surface area is 327 Å². The maximum atomic E-state index is 2.72. The Morgan fingerprint density at radius 3 is 1.20 bits per heavy atom. The van der Waals surface area contributed by atoms with E-state index in [9.17, 15) is 0 Å². The Kier molecular flexibility index (Phi) is 12.5. The first kappa shape index (κ1) is 41.3. The first-order valence-electron chi connectivity index (χ1n) is 18.0. The first-order chi connectivity index (χ1) is 22.4. The van der Waals surface area contributed by atoms with Crippen LogP contribution in [0.1, 0.15) is 25.9 Å². The second-order valence-corrected chi connectivity index (χ2v) is 44.6. The Bertz CT molecular complexity index is 1870. The van der Waals surface area contributed by atoms with E-state index in [0.29, 0.717) is 9.17 Å². The molecule has 0 aromatic heterocycles. The van der Waals surface area contributed by atoms with Crippen molar-refractivity contribution in [2.45, 2.75) is 87.7 Å². The molecule has 2 aliphatic carbocycles. The molecule has 0 spiro atoms. The predicted octanol–water partition coefficient (Wildman–Crippen LogP) is 6.56. The third kappa shape index (κ3) is 7.63. The second kappa shape index (κ2) is 15.1. The van der Waals surface area contributed by atoms with Gasteiger partial charge < -0.3 is 24.8 Å². The molecule has 0 fully saturated rings. The third-order valence-corrected chi connectivity index (χ3v) is 29.4. The first-order valence-corrected chi connectivity index (χ1v) is 35.9. The molecule has 4 aromatic rings. The molecule has 0 radical (unpaired) electrons. The minimum atomic E-state index is -2.99. The predicted molar refractivity (Wildman–Crippen MR) is 221 cm³/mol. The van der Waals surface area contributed by atoms with Gasteiger partial charge in [0.2, 0.25) is 0 Å². The van der Waals surface area contributed by atoms with Gasteiger partial charge in [-0.25, -0.2) is 0 Å². The molecule has 4 aromatic carbocycles. The Morgan fingerprint density at radius 2 is 0.840 bits per heavy atom. The molecule has 0 bridgehead atoms. The van der Waals surface area contributed by atoms with Gasteiger partial charge in [0.1, 0.15) is 0 Å². The average Bonchev–Trinajstić information content (AvgIpc) is 3.56. The standard InChI is InChI=1S/C17H37Si4.C13H9.C13H10.2ClH.Zr/c1-18(2,3)14-13-15(19(4,5)6)17(21(10,11)12)16(14)20(7,8)9;1-3-7-12-10(5-1)9-11-6-2-4-8-13(11)12;1-3-7-12(8-4-1)11-13-9-5-2-6-10-13;;;/h14H,1-12H3;1-9H;1-10H;2*1H;/q;;;;;+2/p-2. The van der Waals surface area contributed by atoms with Crippen LogP contribution in [0.4, 0.5) is 0 Å². The van der Waals surface area contributed by atoms with Crippen LogP contribution >= 0.6 is 0 Å². The summed E-state index contributed by atoms with van der Waals surface area (Å²) in [7, 11) is -6.98. The molecule has 0 saturated carbocycles. The zero-order valence-corrected chi connectivity index (χ0v) is 40.3. The third-order valence-electron chi connectivity index (χ3n) is 10.3. The van der Waals surface area contributed by atoms with Gasteiger partial charge in [0.15, 0.2) is 0 Å². The number of fused-ring (bicyclic) bond motifs is 3. The fourth-order valence-electron chi connectivity index (χ4n) is 8.81. The van der Waals surface area contributed by atoms with Crippen molar-refractivity contribution in [2.75, 3.05) is 0 Å². The zero-order valence-electron chi connectivity index (χ0n) is 32.3. The number of hydrogen-bond acceptors (Lipinski definition) is 0. The molecule has 50 heavy (non-hydrogen) atoms. The molecule has 0 amide bonds. The summed E-state index contributed by atoms with van der Waals surface area (Å²) in [5.41, 5.74) is 9.65. The summed E-state index contributed by atoms with van der Waals surface area (Å²) in [4.78, 5) is 0. The van der Waals surface area contributed by atoms with Gasteiger partial charge in [0.05, 0.1) is 0 Å². The van der Waals surface area contributed by atoms with E-state index >= 15 is 0 Å². The van der Waals surface area contributed by atoms with Gasteiger partial charge in [-0.05, 0) is 0 Å². The summed E-state index contributed by atoms with van der Waals surface area (Å²) < 4.78 is 4.17. The second-order valence-electron chi connectivity index (χ2n) is 18.3. The summed E-state index contributed by atoms with van der Waals surface area (Å²) in [6, 6.07) is 42.3. The quantitative estimate of drug-likeness (QED) is 0.177. The van der Waals surface area contributed by atoms with Crippen molar-refractivity contribution in [1.29, 1.82) is 0 Å². The largest absolute Gasteiger partial charge is 1.00 e. The summed E-state index contributed by atoms with van der Waals surface area (Å²) >= 11 is -2.99. The molecule has 0 aliphatic heterocycles. The number of rotatable bonds is 8. The fraction of sp³-hybridized carbons (Fsp3) is 0.326. The molecule has 6 rings (SSSR count). The molecule has 0 nitrogen and oxygen atoms in total. The normalized spacial score (nSPS) is 16.3. The van der Waals surface area contributed by atoms with Gasteiger partial charge in [0, 0.05) is 0 Å². The van der Waals surface area contributed by atoms with Gasteiger partial charge in [-0.3, -0.25) is 0 Å². The number of allylic oxidation sites excluding steroid dienone is 4. The van der Waals surface area contributed by atoms with Crippen molar-refractivity contribution < 1.29 is 46.1 Å². The van der Waals surface area contributed by atoms with E-state index in [2.05, 4.69) is 188 Å². The van der Waals surface area contributed by atoms with E-state index < -0.39 is 53.6 Å². The monoisotopic (exact) mass is 844 g/mol. The van der Waals surface area contributed by atoms with E-state index in [4.69, 9.17) is 0 Å². The number of benzene rings is 4. The smallest absolute Gasteiger partial charge is 1.00 e. The van der Waals surface area contributed by atoms with E-state index in [0.717, 1.165) is 0 Å². The van der Waals surface area contributed by atoms with E-state index in [1.807, 2.05) is 18.9 Å². The minimum absolute atomic E-state index is 0. The van der Waals surface area contributed by atoms with Gasteiger partial charge >= 0.3 is 306 Å². The summed E-state index contributed by atoms with van der Waals surface area (Å²) in [6.45, 7) is 32.3. The Morgan fingerprint density at radius 1 is 0.460 bits per heavy atom. The van der Waals surface area contributed by atoms with Gasteiger partial charge in [0.25, 0.3) is 0 Å². The van der Waals surface area contributed by atoms with E-state index in [1.54, 1.807) is 14.3 Å². The molecular formula is C43H56Cl2Si4Zr. The van der Waals surface area contributed by atoms with Gasteiger partial charge in [-0.2, -0.15) is 0 Å². The number of hydrogen-bond donors (Lipinski definition) is 0. The SMILES string of the molecule is C[Si](C)(C)C1=[C]([Zr+2](=[C](c2ccccc2)c2ccccc2)[CH]2c3ccccc3-c3ccccc32)C([Si](C)(C)C)C([Si](C)(C)C)=C1[Si](C)(C)C.[Cl-].[Cl-]. The van der Waals surface area contributed by atoms with Crippen molar-refractivity contribution in [3.8, 4) is 11.1 Å². The van der Waals surface area contributed by atoms with Crippen LogP contribution in [0.25, 0.3) is 11.1 Å². The molecule has 262 valence electrons. The molecule has 2 aliphatic rings. The molecule has 0 N–H and O–H groups in total. The van der Waals surface area contributed by atoms with E-state index in [1.165, 1.54) is 22.3 Å². The molecule has 0 heterocycles. The van der Waals surface area contributed by atoms with Gasteiger partial charge in [-0.1, -0.05) is 0 Å². The van der Waals surface area contributed by atoms with Crippen LogP contribution in [0.15, 0.2) is 128 Å². The van der Waals surface area contributed by atoms with E-state index in [-0.39, 0.29) is 24.8 Å². The maximum absolute atomic E-state index is 2.99. The van der Waals surface area contributed by atoms with Crippen LogP contribution < -0.4 is 24.8 Å². The Balaban J connectivity index is 0.00000281. The van der Waals surface area contributed by atoms with Crippen molar-refractivity contribution in [3.63, 3.8) is 0 Å². The number of halogens is 2. The van der Waals surface area contributed by atoms with Crippen molar-refractivity contribution >= 4 is 35.5 Å². The molecule has 0 saturated heterocycles. The van der Waals surface area contributed by atoms with Crippen LogP contribution in [0, 0.1) is 0 Å². The summed E-state index contributed by atoms with van der Waals surface area (Å²) in [5.74, 6) is 0. The van der Waals surface area contributed by atoms with Crippen LogP contribution in [0.3, 0.4) is 0 Å². The van der Waals surface area contributed by atoms with Crippen LogP contribution in [-0.2, 0) is 21.3 Å². The Hall–Kier alpha value is -1.44. The molecular weight excluding hydrogens is 791 g/mol. The van der Waals surface area contributed by atoms with Crippen molar-refractivity contribution in [3.05, 3.63) is 150 Å². The maximum Gasteiger partial charge on any atom is -1.00 e. The van der Waals surface area contributed by atoms with Crippen molar-refractivity contribution in [1.82, 2.24) is 0 Å². The molecule has 1 atom stereocenters. The average molecular weight is 847 g/mol. The molecule has 1 unspecified atom stereocenters. The fourth-order valence-corrected chi connectivity index (χ4v) is 41.6. The zero-order chi connectivity index (χ0) is 34.8. The van der Waals surface area contributed by atoms with Crippen LogP contribution in [-0.4, -0.2) is 35.5 Å². The topological polar surface area (TPSA) is 0 Å². The van der Waals surface area contributed by atoms with Gasteiger partial charge in [-0.15, -0.1) is 0 Å².